The molecule has 0 N–H and O–H groups in total. The maximum atomic E-state index is 6.40. The van der Waals surface area contributed by atoms with E-state index in [1.807, 2.05) is 6.07 Å². The van der Waals surface area contributed by atoms with E-state index in [-0.39, 0.29) is 0 Å². The van der Waals surface area contributed by atoms with E-state index in [4.69, 9.17) is 4.42 Å². The Balaban J connectivity index is 1.36. The van der Waals surface area contributed by atoms with Crippen molar-refractivity contribution in [1.29, 1.82) is 0 Å². The summed E-state index contributed by atoms with van der Waals surface area (Å²) in [6.45, 7) is 0. The molecule has 10 aromatic rings. The lowest BCUT2D eigenvalue weighted by molar-refractivity contribution is 0.669. The van der Waals surface area contributed by atoms with Crippen LogP contribution in [-0.4, -0.2) is 4.57 Å². The van der Waals surface area contributed by atoms with Gasteiger partial charge in [0.05, 0.1) is 11.0 Å². The first kappa shape index (κ1) is 23.7. The van der Waals surface area contributed by atoms with Gasteiger partial charge in [0.15, 0.2) is 0 Å². The van der Waals surface area contributed by atoms with E-state index >= 15 is 0 Å². The summed E-state index contributed by atoms with van der Waals surface area (Å²) in [4.78, 5) is 0. The summed E-state index contributed by atoms with van der Waals surface area (Å²) in [5, 5.41) is 12.3. The van der Waals surface area contributed by atoms with E-state index < -0.39 is 0 Å². The van der Waals surface area contributed by atoms with Crippen molar-refractivity contribution < 1.29 is 4.42 Å². The molecule has 0 unspecified atom stereocenters. The van der Waals surface area contributed by atoms with Crippen molar-refractivity contribution in [2.75, 3.05) is 0 Å². The van der Waals surface area contributed by atoms with E-state index in [0.717, 1.165) is 27.6 Å². The topological polar surface area (TPSA) is 18.1 Å². The van der Waals surface area contributed by atoms with Gasteiger partial charge in [0.1, 0.15) is 11.2 Å². The van der Waals surface area contributed by atoms with Crippen molar-refractivity contribution in [3.63, 3.8) is 0 Å². The van der Waals surface area contributed by atoms with Crippen LogP contribution in [0.3, 0.4) is 0 Å². The van der Waals surface area contributed by atoms with Crippen LogP contribution in [0, 0.1) is 0 Å². The van der Waals surface area contributed by atoms with Crippen molar-refractivity contribution in [2.45, 2.75) is 0 Å². The molecular weight excluding hydrogens is 534 g/mol. The smallest absolute Gasteiger partial charge is 0.136 e. The van der Waals surface area contributed by atoms with Gasteiger partial charge in [-0.05, 0) is 92.0 Å². The molecule has 44 heavy (non-hydrogen) atoms. The van der Waals surface area contributed by atoms with Crippen LogP contribution in [0.25, 0.3) is 92.9 Å². The van der Waals surface area contributed by atoms with Crippen molar-refractivity contribution in [3.05, 3.63) is 152 Å². The second-order valence-corrected chi connectivity index (χ2v) is 11.7. The molecule has 2 nitrogen and oxygen atoms in total. The first-order chi connectivity index (χ1) is 21.8. The Kier molecular flexibility index (Phi) is 4.75. The van der Waals surface area contributed by atoms with Gasteiger partial charge in [0.25, 0.3) is 0 Å². The van der Waals surface area contributed by atoms with Crippen molar-refractivity contribution in [3.8, 4) is 16.8 Å². The average Bonchev–Trinajstić information content (AvgIpc) is 3.62. The molecule has 0 radical (unpaired) electrons. The predicted octanol–water partition coefficient (Wildman–Crippen LogP) is 11.8. The second kappa shape index (κ2) is 8.82. The molecule has 0 saturated carbocycles. The molecule has 0 aliphatic carbocycles. The molecule has 0 aliphatic heterocycles. The Morgan fingerprint density at radius 1 is 0.318 bits per heavy atom. The first-order valence-corrected chi connectivity index (χ1v) is 15.1. The molecule has 0 spiro atoms. The van der Waals surface area contributed by atoms with Crippen molar-refractivity contribution in [1.82, 2.24) is 4.57 Å². The number of para-hydroxylation sites is 2. The highest BCUT2D eigenvalue weighted by molar-refractivity contribution is 6.31. The van der Waals surface area contributed by atoms with Gasteiger partial charge in [0.2, 0.25) is 0 Å². The molecule has 2 heterocycles. The number of rotatable bonds is 2. The van der Waals surface area contributed by atoms with E-state index in [1.165, 1.54) is 65.3 Å². The van der Waals surface area contributed by atoms with Gasteiger partial charge >= 0.3 is 0 Å². The second-order valence-electron chi connectivity index (χ2n) is 11.7. The first-order valence-electron chi connectivity index (χ1n) is 15.1. The fourth-order valence-corrected chi connectivity index (χ4v) is 7.36. The number of fused-ring (bicyclic) bond motifs is 12. The third kappa shape index (κ3) is 3.25. The molecule has 204 valence electrons. The molecule has 0 atom stereocenters. The molecular formula is C42H25NO. The maximum Gasteiger partial charge on any atom is 0.136 e. The fraction of sp³-hybridized carbons (Fsp3) is 0. The Bertz CT molecular complexity index is 2760. The van der Waals surface area contributed by atoms with E-state index in [9.17, 15) is 0 Å². The normalized spacial score (nSPS) is 12.1. The van der Waals surface area contributed by atoms with Crippen LogP contribution in [0.4, 0.5) is 0 Å². The highest BCUT2D eigenvalue weighted by Crippen LogP contribution is 2.43. The van der Waals surface area contributed by atoms with Gasteiger partial charge in [-0.3, -0.25) is 0 Å². The zero-order valence-corrected chi connectivity index (χ0v) is 23.8. The predicted molar refractivity (Wildman–Crippen MR) is 186 cm³/mol. The van der Waals surface area contributed by atoms with Crippen LogP contribution in [0.15, 0.2) is 156 Å². The molecule has 2 aromatic heterocycles. The number of hydrogen-bond donors (Lipinski definition) is 0. The monoisotopic (exact) mass is 559 g/mol. The van der Waals surface area contributed by atoms with Gasteiger partial charge < -0.3 is 8.98 Å². The van der Waals surface area contributed by atoms with Gasteiger partial charge in [-0.1, -0.05) is 103 Å². The number of nitrogens with zero attached hydrogens (tertiary/aromatic N) is 1. The minimum Gasteiger partial charge on any atom is -0.456 e. The number of hydrogen-bond acceptors (Lipinski definition) is 1. The minimum atomic E-state index is 0.923. The van der Waals surface area contributed by atoms with Gasteiger partial charge in [-0.2, -0.15) is 0 Å². The van der Waals surface area contributed by atoms with Gasteiger partial charge in [-0.25, -0.2) is 0 Å². The van der Waals surface area contributed by atoms with Crippen LogP contribution < -0.4 is 0 Å². The van der Waals surface area contributed by atoms with Crippen molar-refractivity contribution >= 4 is 76.1 Å². The van der Waals surface area contributed by atoms with E-state index in [2.05, 4.69) is 150 Å². The van der Waals surface area contributed by atoms with Crippen LogP contribution in [0.2, 0.25) is 0 Å². The summed E-state index contributed by atoms with van der Waals surface area (Å²) in [5.41, 5.74) is 7.83. The molecule has 0 fully saturated rings. The zero-order valence-electron chi connectivity index (χ0n) is 23.8. The summed E-state index contributed by atoms with van der Waals surface area (Å²) in [7, 11) is 0. The summed E-state index contributed by atoms with van der Waals surface area (Å²) < 4.78 is 8.83. The number of furan rings is 1. The quantitative estimate of drug-likeness (QED) is 0.193. The highest BCUT2D eigenvalue weighted by atomic mass is 16.3. The zero-order chi connectivity index (χ0) is 28.8. The Hall–Kier alpha value is -5.86. The van der Waals surface area contributed by atoms with Crippen LogP contribution in [-0.2, 0) is 0 Å². The third-order valence-corrected chi connectivity index (χ3v) is 9.34. The number of aromatic nitrogens is 1. The molecule has 0 bridgehead atoms. The molecule has 0 amide bonds. The lowest BCUT2D eigenvalue weighted by atomic mass is 9.92. The Labute approximate surface area is 253 Å². The highest BCUT2D eigenvalue weighted by Gasteiger charge is 2.18. The van der Waals surface area contributed by atoms with Crippen LogP contribution in [0.1, 0.15) is 0 Å². The maximum absolute atomic E-state index is 6.40. The average molecular weight is 560 g/mol. The number of benzene rings is 8. The third-order valence-electron chi connectivity index (χ3n) is 9.34. The lowest BCUT2D eigenvalue weighted by Gasteiger charge is -2.13. The summed E-state index contributed by atoms with van der Waals surface area (Å²) >= 11 is 0. The standard InChI is InChI=1S/C42H25NO/c1-2-11-26(12-3-1)27-13-10-14-28(21-27)43-39-19-8-6-17-31(39)37-22-33-29-15-4-5-16-30(29)34-23-38-32-18-7-9-20-41(32)44-42(38)25-36(34)35(33)24-40(37)43/h1-25H. The molecule has 2 heteroatoms. The SMILES string of the molecule is c1ccc(-c2cccc(-n3c4ccccc4c4cc5c6ccccc6c6cc7c(cc6c5cc43)oc3ccccc37)c2)cc1. The van der Waals surface area contributed by atoms with Gasteiger partial charge in [0, 0.05) is 27.2 Å². The Morgan fingerprint density at radius 3 is 1.75 bits per heavy atom. The van der Waals surface area contributed by atoms with Crippen LogP contribution in [0.5, 0.6) is 0 Å². The van der Waals surface area contributed by atoms with E-state index in [1.54, 1.807) is 0 Å². The minimum absolute atomic E-state index is 0.923. The van der Waals surface area contributed by atoms with Crippen molar-refractivity contribution in [2.24, 2.45) is 0 Å². The molecule has 8 aromatic carbocycles. The molecule has 0 saturated heterocycles. The Morgan fingerprint density at radius 2 is 0.932 bits per heavy atom. The molecule has 0 aliphatic rings. The summed E-state index contributed by atoms with van der Waals surface area (Å²) in [6, 6.07) is 54.9. The fourth-order valence-electron chi connectivity index (χ4n) is 7.36. The summed E-state index contributed by atoms with van der Waals surface area (Å²) in [5.74, 6) is 0. The summed E-state index contributed by atoms with van der Waals surface area (Å²) in [6.07, 6.45) is 0. The lowest BCUT2D eigenvalue weighted by Crippen LogP contribution is -1.94. The van der Waals surface area contributed by atoms with E-state index in [0.29, 0.717) is 0 Å². The van der Waals surface area contributed by atoms with Crippen LogP contribution >= 0.6 is 0 Å². The molecule has 10 rings (SSSR count). The van der Waals surface area contributed by atoms with Gasteiger partial charge in [-0.15, -0.1) is 0 Å². The largest absolute Gasteiger partial charge is 0.456 e.